The standard InChI is InChI=1S/C27H25FN4O3/c1-2-31(27(34)19-35-23-11-7-4-8-12-23)18-26(33)29-25-17-24(20-9-5-3-6-10-20)30-32(25)22-15-13-21(28)14-16-22/h3-17H,2,18-19H2,1H3,(H,29,33). The van der Waals surface area contributed by atoms with Crippen LogP contribution in [0.4, 0.5) is 10.2 Å². The lowest BCUT2D eigenvalue weighted by Crippen LogP contribution is -2.40. The average molecular weight is 473 g/mol. The van der Waals surface area contributed by atoms with Gasteiger partial charge in [-0.15, -0.1) is 0 Å². The van der Waals surface area contributed by atoms with Crippen molar-refractivity contribution in [3.8, 4) is 22.7 Å². The Kier molecular flexibility index (Phi) is 7.52. The number of para-hydroxylation sites is 1. The van der Waals surface area contributed by atoms with Crippen molar-refractivity contribution in [1.29, 1.82) is 0 Å². The molecule has 0 saturated carbocycles. The van der Waals surface area contributed by atoms with E-state index in [2.05, 4.69) is 10.4 Å². The molecule has 3 aromatic carbocycles. The van der Waals surface area contributed by atoms with Crippen molar-refractivity contribution in [3.63, 3.8) is 0 Å². The number of nitrogens with one attached hydrogen (secondary N) is 1. The maximum Gasteiger partial charge on any atom is 0.260 e. The van der Waals surface area contributed by atoms with Gasteiger partial charge in [-0.25, -0.2) is 9.07 Å². The van der Waals surface area contributed by atoms with Gasteiger partial charge in [0.05, 0.1) is 17.9 Å². The molecule has 0 aliphatic heterocycles. The molecule has 0 unspecified atom stereocenters. The molecule has 1 heterocycles. The third-order valence-corrected chi connectivity index (χ3v) is 5.29. The summed E-state index contributed by atoms with van der Waals surface area (Å²) in [6.07, 6.45) is 0. The van der Waals surface area contributed by atoms with Crippen LogP contribution in [0.25, 0.3) is 16.9 Å². The van der Waals surface area contributed by atoms with Crippen molar-refractivity contribution in [2.45, 2.75) is 6.92 Å². The minimum Gasteiger partial charge on any atom is -0.484 e. The molecule has 2 amide bonds. The first-order valence-corrected chi connectivity index (χ1v) is 11.2. The first-order chi connectivity index (χ1) is 17.0. The molecule has 0 spiro atoms. The van der Waals surface area contributed by atoms with Gasteiger partial charge in [-0.1, -0.05) is 48.5 Å². The van der Waals surface area contributed by atoms with Crippen molar-refractivity contribution in [2.24, 2.45) is 0 Å². The lowest BCUT2D eigenvalue weighted by Gasteiger charge is -2.20. The minimum absolute atomic E-state index is 0.150. The van der Waals surface area contributed by atoms with Crippen molar-refractivity contribution >= 4 is 17.6 Å². The van der Waals surface area contributed by atoms with Crippen LogP contribution in [0.15, 0.2) is 91.0 Å². The fraction of sp³-hybridized carbons (Fsp3) is 0.148. The number of ether oxygens (including phenoxy) is 1. The predicted octanol–water partition coefficient (Wildman–Crippen LogP) is 4.54. The van der Waals surface area contributed by atoms with Crippen LogP contribution in [0.3, 0.4) is 0 Å². The number of hydrogen-bond acceptors (Lipinski definition) is 4. The monoisotopic (exact) mass is 472 g/mol. The first-order valence-electron chi connectivity index (χ1n) is 11.2. The molecular weight excluding hydrogens is 447 g/mol. The van der Waals surface area contributed by atoms with Crippen LogP contribution < -0.4 is 10.1 Å². The zero-order valence-electron chi connectivity index (χ0n) is 19.2. The van der Waals surface area contributed by atoms with Gasteiger partial charge in [0.2, 0.25) is 5.91 Å². The maximum atomic E-state index is 13.5. The van der Waals surface area contributed by atoms with E-state index < -0.39 is 0 Å². The predicted molar refractivity (Wildman–Crippen MR) is 132 cm³/mol. The number of aromatic nitrogens is 2. The fourth-order valence-electron chi connectivity index (χ4n) is 3.48. The molecule has 4 aromatic rings. The van der Waals surface area contributed by atoms with E-state index >= 15 is 0 Å². The number of hydrogen-bond donors (Lipinski definition) is 1. The molecule has 4 rings (SSSR count). The highest BCUT2D eigenvalue weighted by Crippen LogP contribution is 2.25. The van der Waals surface area contributed by atoms with E-state index in [9.17, 15) is 14.0 Å². The lowest BCUT2D eigenvalue weighted by atomic mass is 10.1. The van der Waals surface area contributed by atoms with Crippen molar-refractivity contribution in [1.82, 2.24) is 14.7 Å². The summed E-state index contributed by atoms with van der Waals surface area (Å²) in [7, 11) is 0. The number of likely N-dealkylation sites (N-methyl/N-ethyl adjacent to an activating group) is 1. The number of carbonyl (C=O) groups excluding carboxylic acids is 2. The highest BCUT2D eigenvalue weighted by atomic mass is 19.1. The molecule has 0 bridgehead atoms. The molecule has 178 valence electrons. The minimum atomic E-state index is -0.386. The van der Waals surface area contributed by atoms with Gasteiger partial charge < -0.3 is 15.0 Å². The number of anilines is 1. The summed E-state index contributed by atoms with van der Waals surface area (Å²) in [5, 5.41) is 7.45. The maximum absolute atomic E-state index is 13.5. The van der Waals surface area contributed by atoms with Gasteiger partial charge in [0.15, 0.2) is 6.61 Å². The largest absolute Gasteiger partial charge is 0.484 e. The zero-order chi connectivity index (χ0) is 24.6. The summed E-state index contributed by atoms with van der Waals surface area (Å²) >= 11 is 0. The fourth-order valence-corrected chi connectivity index (χ4v) is 3.48. The van der Waals surface area contributed by atoms with Crippen LogP contribution in [0, 0.1) is 5.82 Å². The van der Waals surface area contributed by atoms with Gasteiger partial charge in [-0.05, 0) is 43.3 Å². The summed E-state index contributed by atoms with van der Waals surface area (Å²) in [6, 6.07) is 26.1. The summed E-state index contributed by atoms with van der Waals surface area (Å²) in [5.74, 6) is -0.0709. The zero-order valence-corrected chi connectivity index (χ0v) is 19.2. The topological polar surface area (TPSA) is 76.5 Å². The van der Waals surface area contributed by atoms with E-state index in [0.29, 0.717) is 29.5 Å². The van der Waals surface area contributed by atoms with Gasteiger partial charge in [0, 0.05) is 18.2 Å². The molecule has 0 fully saturated rings. The smallest absolute Gasteiger partial charge is 0.260 e. The highest BCUT2D eigenvalue weighted by molar-refractivity contribution is 5.94. The SMILES string of the molecule is CCN(CC(=O)Nc1cc(-c2ccccc2)nn1-c1ccc(F)cc1)C(=O)COc1ccccc1. The first kappa shape index (κ1) is 23.7. The van der Waals surface area contributed by atoms with E-state index in [-0.39, 0.29) is 30.8 Å². The van der Waals surface area contributed by atoms with Crippen molar-refractivity contribution < 1.29 is 18.7 Å². The van der Waals surface area contributed by atoms with Crippen LogP contribution >= 0.6 is 0 Å². The van der Waals surface area contributed by atoms with Crippen LogP contribution in [0.2, 0.25) is 0 Å². The molecule has 0 saturated heterocycles. The van der Waals surface area contributed by atoms with Crippen LogP contribution in [0.1, 0.15) is 6.92 Å². The van der Waals surface area contributed by atoms with Crippen LogP contribution in [0.5, 0.6) is 5.75 Å². The Hall–Kier alpha value is -4.46. The Balaban J connectivity index is 1.49. The molecule has 1 aromatic heterocycles. The number of carbonyl (C=O) groups is 2. The van der Waals surface area contributed by atoms with Crippen LogP contribution in [-0.4, -0.2) is 46.2 Å². The molecular formula is C27H25FN4O3. The molecule has 0 aliphatic rings. The summed E-state index contributed by atoms with van der Waals surface area (Å²) in [6.45, 7) is 1.82. The quantitative estimate of drug-likeness (QED) is 0.388. The van der Waals surface area contributed by atoms with E-state index in [1.54, 1.807) is 37.3 Å². The molecule has 7 nitrogen and oxygen atoms in total. The highest BCUT2D eigenvalue weighted by Gasteiger charge is 2.19. The van der Waals surface area contributed by atoms with Gasteiger partial charge in [0.1, 0.15) is 17.4 Å². The van der Waals surface area contributed by atoms with E-state index in [0.717, 1.165) is 5.56 Å². The number of benzene rings is 3. The van der Waals surface area contributed by atoms with Gasteiger partial charge in [0.25, 0.3) is 5.91 Å². The Morgan fingerprint density at radius 3 is 2.29 bits per heavy atom. The number of nitrogens with zero attached hydrogens (tertiary/aromatic N) is 3. The second-order valence-corrected chi connectivity index (χ2v) is 7.73. The average Bonchev–Trinajstić information content (AvgIpc) is 3.31. The Morgan fingerprint density at radius 1 is 0.971 bits per heavy atom. The molecule has 8 heteroatoms. The lowest BCUT2D eigenvalue weighted by molar-refractivity contribution is -0.136. The van der Waals surface area contributed by atoms with E-state index in [4.69, 9.17) is 4.74 Å². The molecule has 1 N–H and O–H groups in total. The van der Waals surface area contributed by atoms with Gasteiger partial charge in [-0.2, -0.15) is 5.10 Å². The second kappa shape index (κ2) is 11.1. The number of amides is 2. The summed E-state index contributed by atoms with van der Waals surface area (Å²) in [5.41, 5.74) is 2.10. The van der Waals surface area contributed by atoms with E-state index in [1.165, 1.54) is 21.7 Å². The van der Waals surface area contributed by atoms with Gasteiger partial charge in [-0.3, -0.25) is 9.59 Å². The molecule has 35 heavy (non-hydrogen) atoms. The number of rotatable bonds is 9. The Morgan fingerprint density at radius 2 is 1.63 bits per heavy atom. The van der Waals surface area contributed by atoms with Gasteiger partial charge >= 0.3 is 0 Å². The van der Waals surface area contributed by atoms with Crippen LogP contribution in [-0.2, 0) is 9.59 Å². The summed E-state index contributed by atoms with van der Waals surface area (Å²) < 4.78 is 20.5. The van der Waals surface area contributed by atoms with Crippen molar-refractivity contribution in [2.75, 3.05) is 25.0 Å². The molecule has 0 aliphatic carbocycles. The normalized spacial score (nSPS) is 10.6. The second-order valence-electron chi connectivity index (χ2n) is 7.73. The third kappa shape index (κ3) is 6.11. The van der Waals surface area contributed by atoms with E-state index in [1.807, 2.05) is 48.5 Å². The summed E-state index contributed by atoms with van der Waals surface area (Å²) in [4.78, 5) is 26.9. The van der Waals surface area contributed by atoms with Crippen molar-refractivity contribution in [3.05, 3.63) is 96.8 Å². The number of halogens is 1. The molecule has 0 radical (unpaired) electrons. The third-order valence-electron chi connectivity index (χ3n) is 5.29. The Bertz CT molecular complexity index is 1280. The molecule has 0 atom stereocenters. The Labute approximate surface area is 202 Å².